The van der Waals surface area contributed by atoms with Gasteiger partial charge in [0.25, 0.3) is 5.91 Å². The van der Waals surface area contributed by atoms with Crippen LogP contribution in [0.5, 0.6) is 5.75 Å². The first-order valence-corrected chi connectivity index (χ1v) is 9.18. The third-order valence-electron chi connectivity index (χ3n) is 4.79. The van der Waals surface area contributed by atoms with Gasteiger partial charge in [0.05, 0.1) is 18.8 Å². The first-order chi connectivity index (χ1) is 13.5. The molecule has 1 amide bonds. The molecule has 3 rings (SSSR count). The van der Waals surface area contributed by atoms with E-state index in [1.165, 1.54) is 0 Å². The molecule has 1 fully saturated rings. The summed E-state index contributed by atoms with van der Waals surface area (Å²) in [6.45, 7) is 0.0932. The summed E-state index contributed by atoms with van der Waals surface area (Å²) >= 11 is 0. The number of aliphatic hydroxyl groups excluding tert-OH is 3. The lowest BCUT2D eigenvalue weighted by Crippen LogP contribution is -2.44. The molecular weight excluding hydrogens is 362 g/mol. The third kappa shape index (κ3) is 4.69. The van der Waals surface area contributed by atoms with Crippen LogP contribution in [-0.2, 0) is 11.3 Å². The fraction of sp³-hybridized carbons (Fsp3) is 0.381. The Kier molecular flexibility index (Phi) is 6.64. The zero-order valence-electron chi connectivity index (χ0n) is 15.6. The van der Waals surface area contributed by atoms with Gasteiger partial charge in [-0.1, -0.05) is 24.3 Å². The molecule has 7 nitrogen and oxygen atoms in total. The molecule has 1 aliphatic rings. The number of hydrogen-bond acceptors (Lipinski definition) is 6. The van der Waals surface area contributed by atoms with Crippen molar-refractivity contribution in [2.24, 2.45) is 0 Å². The van der Waals surface area contributed by atoms with Crippen molar-refractivity contribution in [2.75, 3.05) is 13.7 Å². The lowest BCUT2D eigenvalue weighted by Gasteiger charge is -2.36. The molecule has 0 aliphatic carbocycles. The Labute approximate surface area is 163 Å². The second-order valence-corrected chi connectivity index (χ2v) is 6.79. The van der Waals surface area contributed by atoms with Gasteiger partial charge in [0.2, 0.25) is 0 Å². The summed E-state index contributed by atoms with van der Waals surface area (Å²) in [5, 5.41) is 32.2. The van der Waals surface area contributed by atoms with E-state index in [-0.39, 0.29) is 18.9 Å². The Balaban J connectivity index is 1.67. The lowest BCUT2D eigenvalue weighted by atomic mass is 9.93. The first kappa shape index (κ1) is 20.3. The second-order valence-electron chi connectivity index (χ2n) is 6.79. The van der Waals surface area contributed by atoms with E-state index >= 15 is 0 Å². The number of nitrogens with one attached hydrogen (secondary N) is 1. The fourth-order valence-electron chi connectivity index (χ4n) is 3.19. The van der Waals surface area contributed by atoms with Crippen LogP contribution in [0.2, 0.25) is 0 Å². The average Bonchev–Trinajstić information content (AvgIpc) is 2.74. The summed E-state index contributed by atoms with van der Waals surface area (Å²) in [4.78, 5) is 11.6. The van der Waals surface area contributed by atoms with Crippen LogP contribution in [0.15, 0.2) is 48.5 Å². The van der Waals surface area contributed by atoms with Crippen molar-refractivity contribution < 1.29 is 29.6 Å². The SMILES string of the molecule is CNC(=O)c1ccc(COc2cccc(C3O[C@H](CO)C[C@H](O)[C@@H]3O)c2)cc1. The minimum atomic E-state index is -1.07. The van der Waals surface area contributed by atoms with Crippen LogP contribution in [0.25, 0.3) is 0 Å². The number of aliphatic hydroxyl groups is 3. The van der Waals surface area contributed by atoms with Crippen molar-refractivity contribution in [3.05, 3.63) is 65.2 Å². The fourth-order valence-corrected chi connectivity index (χ4v) is 3.19. The summed E-state index contributed by atoms with van der Waals surface area (Å²) in [6.07, 6.45) is -3.10. The van der Waals surface area contributed by atoms with E-state index in [1.54, 1.807) is 43.4 Å². The predicted molar refractivity (Wildman–Crippen MR) is 102 cm³/mol. The normalized spacial score (nSPS) is 24.6. The number of benzene rings is 2. The molecule has 1 unspecified atom stereocenters. The molecule has 0 saturated carbocycles. The van der Waals surface area contributed by atoms with Crippen LogP contribution in [-0.4, -0.2) is 53.2 Å². The van der Waals surface area contributed by atoms with E-state index in [0.717, 1.165) is 5.56 Å². The quantitative estimate of drug-likeness (QED) is 0.593. The molecule has 2 aromatic carbocycles. The van der Waals surface area contributed by atoms with Crippen LogP contribution >= 0.6 is 0 Å². The predicted octanol–water partition coefficient (Wildman–Crippen LogP) is 1.17. The molecule has 7 heteroatoms. The molecule has 1 heterocycles. The minimum Gasteiger partial charge on any atom is -0.489 e. The molecule has 1 aliphatic heterocycles. The third-order valence-corrected chi connectivity index (χ3v) is 4.79. The molecule has 0 radical (unpaired) electrons. The maximum absolute atomic E-state index is 11.6. The van der Waals surface area contributed by atoms with E-state index < -0.39 is 24.4 Å². The van der Waals surface area contributed by atoms with Gasteiger partial charge in [-0.15, -0.1) is 0 Å². The van der Waals surface area contributed by atoms with Crippen LogP contribution in [0.3, 0.4) is 0 Å². The highest BCUT2D eigenvalue weighted by Crippen LogP contribution is 2.33. The monoisotopic (exact) mass is 387 g/mol. The molecule has 4 atom stereocenters. The number of rotatable bonds is 6. The highest BCUT2D eigenvalue weighted by Gasteiger charge is 2.37. The standard InChI is InChI=1S/C21H25NO6/c1-22-21(26)14-7-5-13(6-8-14)12-27-16-4-2-3-15(9-16)20-19(25)18(24)10-17(11-23)28-20/h2-9,17-20,23-25H,10-12H2,1H3,(H,22,26)/t17-,18-,19-,20?/m0/s1. The minimum absolute atomic E-state index is 0.144. The Morgan fingerprint density at radius 2 is 1.96 bits per heavy atom. The van der Waals surface area contributed by atoms with E-state index in [9.17, 15) is 20.1 Å². The molecule has 1 saturated heterocycles. The van der Waals surface area contributed by atoms with Gasteiger partial charge in [-0.2, -0.15) is 0 Å². The highest BCUT2D eigenvalue weighted by molar-refractivity contribution is 5.93. The summed E-state index contributed by atoms with van der Waals surface area (Å²) in [6, 6.07) is 14.2. The van der Waals surface area contributed by atoms with Crippen LogP contribution in [0, 0.1) is 0 Å². The number of amides is 1. The number of carbonyl (C=O) groups excluding carboxylic acids is 1. The zero-order chi connectivity index (χ0) is 20.1. The Bertz CT molecular complexity index is 794. The largest absolute Gasteiger partial charge is 0.489 e. The molecule has 0 spiro atoms. The van der Waals surface area contributed by atoms with Crippen molar-refractivity contribution in [1.82, 2.24) is 5.32 Å². The number of carbonyl (C=O) groups is 1. The van der Waals surface area contributed by atoms with Gasteiger partial charge in [-0.05, 0) is 35.4 Å². The van der Waals surface area contributed by atoms with Crippen molar-refractivity contribution >= 4 is 5.91 Å². The van der Waals surface area contributed by atoms with Crippen molar-refractivity contribution in [1.29, 1.82) is 0 Å². The van der Waals surface area contributed by atoms with Crippen molar-refractivity contribution in [3.63, 3.8) is 0 Å². The van der Waals surface area contributed by atoms with Gasteiger partial charge in [0.1, 0.15) is 24.6 Å². The number of hydrogen-bond donors (Lipinski definition) is 4. The smallest absolute Gasteiger partial charge is 0.251 e. The van der Waals surface area contributed by atoms with Crippen LogP contribution < -0.4 is 10.1 Å². The summed E-state index contributed by atoms with van der Waals surface area (Å²) in [5.41, 5.74) is 2.15. The van der Waals surface area contributed by atoms with Gasteiger partial charge in [0, 0.05) is 19.0 Å². The summed E-state index contributed by atoms with van der Waals surface area (Å²) in [7, 11) is 1.58. The second kappa shape index (κ2) is 9.16. The van der Waals surface area contributed by atoms with E-state index in [0.29, 0.717) is 23.5 Å². The molecule has 4 N–H and O–H groups in total. The first-order valence-electron chi connectivity index (χ1n) is 9.18. The molecule has 28 heavy (non-hydrogen) atoms. The maximum Gasteiger partial charge on any atom is 0.251 e. The Hall–Kier alpha value is -2.45. The van der Waals surface area contributed by atoms with E-state index in [4.69, 9.17) is 9.47 Å². The lowest BCUT2D eigenvalue weighted by molar-refractivity contribution is -0.179. The van der Waals surface area contributed by atoms with Crippen LogP contribution in [0.4, 0.5) is 0 Å². The van der Waals surface area contributed by atoms with Crippen molar-refractivity contribution in [2.45, 2.75) is 37.4 Å². The van der Waals surface area contributed by atoms with Crippen LogP contribution in [0.1, 0.15) is 34.0 Å². The van der Waals surface area contributed by atoms with Gasteiger partial charge in [-0.25, -0.2) is 0 Å². The molecule has 0 aromatic heterocycles. The van der Waals surface area contributed by atoms with Crippen molar-refractivity contribution in [3.8, 4) is 5.75 Å². The Morgan fingerprint density at radius 3 is 2.64 bits per heavy atom. The Morgan fingerprint density at radius 1 is 1.21 bits per heavy atom. The van der Waals surface area contributed by atoms with Gasteiger partial charge >= 0.3 is 0 Å². The highest BCUT2D eigenvalue weighted by atomic mass is 16.5. The van der Waals surface area contributed by atoms with Gasteiger partial charge < -0.3 is 30.1 Å². The molecular formula is C21H25NO6. The molecule has 2 aromatic rings. The maximum atomic E-state index is 11.6. The summed E-state index contributed by atoms with van der Waals surface area (Å²) < 4.78 is 11.5. The summed E-state index contributed by atoms with van der Waals surface area (Å²) in [5.74, 6) is 0.443. The number of ether oxygens (including phenoxy) is 2. The van der Waals surface area contributed by atoms with Gasteiger partial charge in [-0.3, -0.25) is 4.79 Å². The van der Waals surface area contributed by atoms with Gasteiger partial charge in [0.15, 0.2) is 0 Å². The van der Waals surface area contributed by atoms with E-state index in [1.807, 2.05) is 12.1 Å². The average molecular weight is 387 g/mol. The molecule has 150 valence electrons. The zero-order valence-corrected chi connectivity index (χ0v) is 15.6. The molecule has 0 bridgehead atoms. The topological polar surface area (TPSA) is 108 Å². The van der Waals surface area contributed by atoms with E-state index in [2.05, 4.69) is 5.32 Å².